The molecule has 0 saturated heterocycles. The van der Waals surface area contributed by atoms with Gasteiger partial charge < -0.3 is 10.2 Å². The molecule has 1 saturated carbocycles. The maximum Gasteiger partial charge on any atom is 0.322 e. The van der Waals surface area contributed by atoms with Crippen LogP contribution < -0.4 is 5.32 Å². The number of urea groups is 1. The molecule has 0 radical (unpaired) electrons. The van der Waals surface area contributed by atoms with Gasteiger partial charge >= 0.3 is 6.03 Å². The fraction of sp³-hybridized carbons (Fsp3) is 0.435. The third-order valence-electron chi connectivity index (χ3n) is 6.08. The van der Waals surface area contributed by atoms with E-state index in [-0.39, 0.29) is 17.8 Å². The van der Waals surface area contributed by atoms with E-state index in [0.29, 0.717) is 12.5 Å². The van der Waals surface area contributed by atoms with Gasteiger partial charge in [0.25, 0.3) is 0 Å². The number of anilines is 1. The van der Waals surface area contributed by atoms with Gasteiger partial charge in [-0.3, -0.25) is 0 Å². The molecule has 2 aliphatic rings. The first-order chi connectivity index (χ1) is 13.6. The van der Waals surface area contributed by atoms with Gasteiger partial charge in [0, 0.05) is 18.7 Å². The molecule has 28 heavy (non-hydrogen) atoms. The maximum atomic E-state index is 14.1. The molecular weight excluding hydrogens is 358 g/mol. The monoisotopic (exact) mass is 384 g/mol. The van der Waals surface area contributed by atoms with Crippen molar-refractivity contribution in [3.63, 3.8) is 0 Å². The molecule has 5 heteroatoms. The normalized spacial score (nSPS) is 17.4. The van der Waals surface area contributed by atoms with Crippen LogP contribution in [0.5, 0.6) is 0 Å². The smallest absolute Gasteiger partial charge is 0.321 e. The lowest BCUT2D eigenvalue weighted by atomic mass is 9.88. The summed E-state index contributed by atoms with van der Waals surface area (Å²) in [6.07, 6.45) is 7.58. The number of fused-ring (bicyclic) bond motifs is 1. The fourth-order valence-corrected chi connectivity index (χ4v) is 4.58. The van der Waals surface area contributed by atoms with Crippen molar-refractivity contribution in [1.29, 1.82) is 0 Å². The Bertz CT molecular complexity index is 823. The lowest BCUT2D eigenvalue weighted by molar-refractivity contribution is 0.164. The predicted octanol–water partition coefficient (Wildman–Crippen LogP) is 5.55. The van der Waals surface area contributed by atoms with Crippen LogP contribution in [0, 0.1) is 17.6 Å². The number of nitrogens with zero attached hydrogens (tertiary/aromatic N) is 1. The van der Waals surface area contributed by atoms with Gasteiger partial charge in [-0.15, -0.1) is 0 Å². The van der Waals surface area contributed by atoms with Crippen molar-refractivity contribution in [3.8, 4) is 0 Å². The molecule has 0 heterocycles. The van der Waals surface area contributed by atoms with Gasteiger partial charge in [-0.2, -0.15) is 0 Å². The zero-order valence-electron chi connectivity index (χ0n) is 16.0. The Labute approximate surface area is 164 Å². The number of carbonyl (C=O) groups excluding carboxylic acids is 1. The summed E-state index contributed by atoms with van der Waals surface area (Å²) in [6.45, 7) is 0.688. The second-order valence-corrected chi connectivity index (χ2v) is 8.04. The first-order valence-electron chi connectivity index (χ1n) is 10.2. The Morgan fingerprint density at radius 2 is 1.68 bits per heavy atom. The number of amides is 2. The SMILES string of the molecule is O=C(Nc1ccc(F)cc1F)N(CC1CCCCC1)C1Cc2ccccc2C1. The highest BCUT2D eigenvalue weighted by Gasteiger charge is 2.32. The topological polar surface area (TPSA) is 32.3 Å². The molecule has 148 valence electrons. The molecule has 3 nitrogen and oxygen atoms in total. The molecule has 0 aromatic heterocycles. The van der Waals surface area contributed by atoms with Crippen molar-refractivity contribution >= 4 is 11.7 Å². The third-order valence-corrected chi connectivity index (χ3v) is 6.08. The Morgan fingerprint density at radius 3 is 2.32 bits per heavy atom. The summed E-state index contributed by atoms with van der Waals surface area (Å²) in [5.74, 6) is -0.914. The molecule has 2 aromatic rings. The van der Waals surface area contributed by atoms with Crippen LogP contribution in [0.25, 0.3) is 0 Å². The molecule has 4 rings (SSSR count). The summed E-state index contributed by atoms with van der Waals surface area (Å²) in [4.78, 5) is 15.0. The van der Waals surface area contributed by atoms with Gasteiger partial charge in [0.15, 0.2) is 0 Å². The standard InChI is InChI=1S/C23H26F2N2O/c24-19-10-11-22(21(25)14-19)26-23(28)27(15-16-6-2-1-3-7-16)20-12-17-8-4-5-9-18(17)13-20/h4-5,8-11,14,16,20H,1-3,6-7,12-13,15H2,(H,26,28). The Hall–Kier alpha value is -2.43. The number of hydrogen-bond donors (Lipinski definition) is 1. The highest BCUT2D eigenvalue weighted by molar-refractivity contribution is 5.89. The molecule has 0 unspecified atom stereocenters. The zero-order valence-corrected chi connectivity index (χ0v) is 16.0. The molecular formula is C23H26F2N2O. The minimum Gasteiger partial charge on any atom is -0.321 e. The highest BCUT2D eigenvalue weighted by atomic mass is 19.1. The number of halogens is 2. The van der Waals surface area contributed by atoms with Crippen LogP contribution in [-0.2, 0) is 12.8 Å². The van der Waals surface area contributed by atoms with E-state index >= 15 is 0 Å². The van der Waals surface area contributed by atoms with Crippen molar-refractivity contribution in [1.82, 2.24) is 4.90 Å². The van der Waals surface area contributed by atoms with E-state index in [4.69, 9.17) is 0 Å². The summed E-state index contributed by atoms with van der Waals surface area (Å²) in [7, 11) is 0. The van der Waals surface area contributed by atoms with E-state index in [1.807, 2.05) is 17.0 Å². The van der Waals surface area contributed by atoms with Crippen LogP contribution >= 0.6 is 0 Å². The van der Waals surface area contributed by atoms with Crippen molar-refractivity contribution in [3.05, 3.63) is 65.2 Å². The second-order valence-electron chi connectivity index (χ2n) is 8.04. The van der Waals surface area contributed by atoms with Crippen LogP contribution in [0.3, 0.4) is 0 Å². The zero-order chi connectivity index (χ0) is 19.5. The quantitative estimate of drug-likeness (QED) is 0.737. The molecule has 2 aromatic carbocycles. The molecule has 0 spiro atoms. The van der Waals surface area contributed by atoms with Gasteiger partial charge in [0.05, 0.1) is 5.69 Å². The van der Waals surface area contributed by atoms with Crippen molar-refractivity contribution in [2.24, 2.45) is 5.92 Å². The van der Waals surface area contributed by atoms with Crippen molar-refractivity contribution in [2.45, 2.75) is 51.0 Å². The lowest BCUT2D eigenvalue weighted by Gasteiger charge is -2.34. The van der Waals surface area contributed by atoms with Crippen LogP contribution in [-0.4, -0.2) is 23.5 Å². The number of rotatable bonds is 4. The molecule has 2 amide bonds. The van der Waals surface area contributed by atoms with Crippen LogP contribution in [0.4, 0.5) is 19.3 Å². The average molecular weight is 384 g/mol. The van der Waals surface area contributed by atoms with Gasteiger partial charge in [-0.25, -0.2) is 13.6 Å². The first-order valence-corrected chi connectivity index (χ1v) is 10.2. The molecule has 0 aliphatic heterocycles. The van der Waals surface area contributed by atoms with E-state index in [1.54, 1.807) is 0 Å². The summed E-state index contributed by atoms with van der Waals surface area (Å²) in [5, 5.41) is 2.68. The van der Waals surface area contributed by atoms with Gasteiger partial charge in [-0.05, 0) is 54.9 Å². The molecule has 1 N–H and O–H groups in total. The van der Waals surface area contributed by atoms with Gasteiger partial charge in [-0.1, -0.05) is 43.5 Å². The van der Waals surface area contributed by atoms with E-state index < -0.39 is 11.6 Å². The van der Waals surface area contributed by atoms with Crippen LogP contribution in [0.2, 0.25) is 0 Å². The van der Waals surface area contributed by atoms with Crippen LogP contribution in [0.1, 0.15) is 43.2 Å². The largest absolute Gasteiger partial charge is 0.322 e. The van der Waals surface area contributed by atoms with Gasteiger partial charge in [0.2, 0.25) is 0 Å². The first kappa shape index (κ1) is 18.9. The Morgan fingerprint density at radius 1 is 1.00 bits per heavy atom. The van der Waals surface area contributed by atoms with E-state index in [2.05, 4.69) is 17.4 Å². The maximum absolute atomic E-state index is 14.1. The molecule has 2 aliphatic carbocycles. The number of nitrogens with one attached hydrogen (secondary N) is 1. The summed E-state index contributed by atoms with van der Waals surface area (Å²) < 4.78 is 27.2. The van der Waals surface area contributed by atoms with Crippen LogP contribution in [0.15, 0.2) is 42.5 Å². The van der Waals surface area contributed by atoms with Gasteiger partial charge in [0.1, 0.15) is 11.6 Å². The van der Waals surface area contributed by atoms with E-state index in [1.165, 1.54) is 36.5 Å². The lowest BCUT2D eigenvalue weighted by Crippen LogP contribution is -2.46. The number of benzene rings is 2. The molecule has 0 bridgehead atoms. The minimum absolute atomic E-state index is 0.0237. The second kappa shape index (κ2) is 8.29. The van der Waals surface area contributed by atoms with E-state index in [0.717, 1.165) is 37.8 Å². The summed E-state index contributed by atoms with van der Waals surface area (Å²) in [5.41, 5.74) is 2.58. The Balaban J connectivity index is 1.53. The van der Waals surface area contributed by atoms with Crippen molar-refractivity contribution < 1.29 is 13.6 Å². The Kier molecular flexibility index (Phi) is 5.60. The summed E-state index contributed by atoms with van der Waals surface area (Å²) >= 11 is 0. The average Bonchev–Trinajstić information content (AvgIpc) is 3.13. The summed E-state index contributed by atoms with van der Waals surface area (Å²) in [6, 6.07) is 11.3. The van der Waals surface area contributed by atoms with Crippen molar-refractivity contribution in [2.75, 3.05) is 11.9 Å². The third kappa shape index (κ3) is 4.18. The predicted molar refractivity (Wildman–Crippen MR) is 106 cm³/mol. The fourth-order valence-electron chi connectivity index (χ4n) is 4.58. The van der Waals surface area contributed by atoms with E-state index in [9.17, 15) is 13.6 Å². The highest BCUT2D eigenvalue weighted by Crippen LogP contribution is 2.30. The molecule has 1 fully saturated rings. The minimum atomic E-state index is -0.749. The number of carbonyl (C=O) groups is 1. The number of hydrogen-bond acceptors (Lipinski definition) is 1. The molecule has 0 atom stereocenters.